The highest BCUT2D eigenvalue weighted by atomic mass is 32.2. The minimum atomic E-state index is -0.0361. The lowest BCUT2D eigenvalue weighted by molar-refractivity contribution is -0.118. The van der Waals surface area contributed by atoms with Crippen molar-refractivity contribution in [3.63, 3.8) is 0 Å². The van der Waals surface area contributed by atoms with Gasteiger partial charge in [0.15, 0.2) is 22.5 Å². The number of hydrogen-bond acceptors (Lipinski definition) is 6. The standard InChI is InChI=1S/C24H28N4O3S/c1-16(2)28-23(19-9-10-20-21(13-19)31-12-4-11-30-20)26-27-24(28)32-15-22(29)25-14-18-7-5-17(3)6-8-18/h5-10,13,16H,4,11-12,14-15H2,1-3H3,(H,25,29). The minimum absolute atomic E-state index is 0.0361. The first kappa shape index (κ1) is 22.2. The summed E-state index contributed by atoms with van der Waals surface area (Å²) in [5.41, 5.74) is 3.19. The molecule has 168 valence electrons. The van der Waals surface area contributed by atoms with Gasteiger partial charge < -0.3 is 14.8 Å². The molecule has 0 saturated heterocycles. The van der Waals surface area contributed by atoms with Crippen LogP contribution >= 0.6 is 11.8 Å². The van der Waals surface area contributed by atoms with E-state index in [9.17, 15) is 4.79 Å². The van der Waals surface area contributed by atoms with Crippen molar-refractivity contribution >= 4 is 17.7 Å². The molecule has 0 spiro atoms. The Hall–Kier alpha value is -3.00. The van der Waals surface area contributed by atoms with Crippen LogP contribution < -0.4 is 14.8 Å². The second-order valence-electron chi connectivity index (χ2n) is 8.03. The maximum Gasteiger partial charge on any atom is 0.230 e. The lowest BCUT2D eigenvalue weighted by atomic mass is 10.1. The van der Waals surface area contributed by atoms with Crippen molar-refractivity contribution in [3.8, 4) is 22.9 Å². The maximum absolute atomic E-state index is 12.4. The zero-order valence-electron chi connectivity index (χ0n) is 18.6. The van der Waals surface area contributed by atoms with Gasteiger partial charge in [-0.05, 0) is 44.5 Å². The molecular formula is C24H28N4O3S. The van der Waals surface area contributed by atoms with Crippen LogP contribution in [0.2, 0.25) is 0 Å². The van der Waals surface area contributed by atoms with Crippen molar-refractivity contribution in [1.82, 2.24) is 20.1 Å². The molecule has 0 bridgehead atoms. The molecular weight excluding hydrogens is 424 g/mol. The summed E-state index contributed by atoms with van der Waals surface area (Å²) in [6.45, 7) is 8.01. The Balaban J connectivity index is 1.44. The van der Waals surface area contributed by atoms with Crippen molar-refractivity contribution in [2.45, 2.75) is 44.9 Å². The molecule has 32 heavy (non-hydrogen) atoms. The third-order valence-electron chi connectivity index (χ3n) is 5.13. The first-order chi connectivity index (χ1) is 15.5. The summed E-state index contributed by atoms with van der Waals surface area (Å²) in [5.74, 6) is 2.46. The number of thioether (sulfide) groups is 1. The van der Waals surface area contributed by atoms with Gasteiger partial charge in [-0.15, -0.1) is 10.2 Å². The summed E-state index contributed by atoms with van der Waals surface area (Å²) in [5, 5.41) is 12.5. The highest BCUT2D eigenvalue weighted by Crippen LogP contribution is 2.35. The topological polar surface area (TPSA) is 78.3 Å². The van der Waals surface area contributed by atoms with Gasteiger partial charge in [0.1, 0.15) is 0 Å². The molecule has 0 unspecified atom stereocenters. The van der Waals surface area contributed by atoms with E-state index in [2.05, 4.69) is 33.9 Å². The molecule has 1 aliphatic heterocycles. The van der Waals surface area contributed by atoms with Crippen molar-refractivity contribution in [2.75, 3.05) is 19.0 Å². The fraction of sp³-hybridized carbons (Fsp3) is 0.375. The quantitative estimate of drug-likeness (QED) is 0.535. The molecule has 4 rings (SSSR count). The van der Waals surface area contributed by atoms with Crippen LogP contribution in [0.15, 0.2) is 47.6 Å². The average molecular weight is 453 g/mol. The van der Waals surface area contributed by atoms with Crippen LogP contribution in [0.3, 0.4) is 0 Å². The largest absolute Gasteiger partial charge is 0.490 e. The van der Waals surface area contributed by atoms with E-state index in [1.165, 1.54) is 17.3 Å². The number of hydrogen-bond donors (Lipinski definition) is 1. The lowest BCUT2D eigenvalue weighted by Gasteiger charge is -2.15. The fourth-order valence-electron chi connectivity index (χ4n) is 3.43. The summed E-state index contributed by atoms with van der Waals surface area (Å²) < 4.78 is 13.6. The van der Waals surface area contributed by atoms with Gasteiger partial charge in [-0.25, -0.2) is 0 Å². The first-order valence-corrected chi connectivity index (χ1v) is 11.8. The maximum atomic E-state index is 12.4. The van der Waals surface area contributed by atoms with Crippen LogP contribution in [-0.2, 0) is 11.3 Å². The predicted molar refractivity (Wildman–Crippen MR) is 125 cm³/mol. The summed E-state index contributed by atoms with van der Waals surface area (Å²) in [6.07, 6.45) is 0.860. The molecule has 7 nitrogen and oxygen atoms in total. The highest BCUT2D eigenvalue weighted by molar-refractivity contribution is 7.99. The van der Waals surface area contributed by atoms with Crippen LogP contribution in [0.5, 0.6) is 11.5 Å². The van der Waals surface area contributed by atoms with Crippen LogP contribution in [0.25, 0.3) is 11.4 Å². The molecule has 0 aliphatic carbocycles. The molecule has 2 heterocycles. The Morgan fingerprint density at radius 3 is 2.59 bits per heavy atom. The first-order valence-electron chi connectivity index (χ1n) is 10.8. The molecule has 1 amide bonds. The number of nitrogens with zero attached hydrogens (tertiary/aromatic N) is 3. The molecule has 8 heteroatoms. The SMILES string of the molecule is Cc1ccc(CNC(=O)CSc2nnc(-c3ccc4c(c3)OCCCO4)n2C(C)C)cc1. The summed E-state index contributed by atoms with van der Waals surface area (Å²) in [6, 6.07) is 14.1. The Bertz CT molecular complexity index is 1080. The van der Waals surface area contributed by atoms with Gasteiger partial charge in [-0.3, -0.25) is 9.36 Å². The Kier molecular flexibility index (Phi) is 6.99. The van der Waals surface area contributed by atoms with E-state index in [1.807, 2.05) is 49.4 Å². The summed E-state index contributed by atoms with van der Waals surface area (Å²) in [4.78, 5) is 12.4. The Morgan fingerprint density at radius 1 is 1.09 bits per heavy atom. The van der Waals surface area contributed by atoms with Gasteiger partial charge in [0.25, 0.3) is 0 Å². The van der Waals surface area contributed by atoms with Crippen molar-refractivity contribution in [3.05, 3.63) is 53.6 Å². The number of aromatic nitrogens is 3. The summed E-state index contributed by atoms with van der Waals surface area (Å²) >= 11 is 1.39. The number of aryl methyl sites for hydroxylation is 1. The molecule has 2 aromatic carbocycles. The second kappa shape index (κ2) is 10.1. The number of ether oxygens (including phenoxy) is 2. The molecule has 1 aliphatic rings. The van der Waals surface area contributed by atoms with E-state index in [1.54, 1.807) is 0 Å². The van der Waals surface area contributed by atoms with Crippen LogP contribution in [0, 0.1) is 6.92 Å². The smallest absolute Gasteiger partial charge is 0.230 e. The third kappa shape index (κ3) is 5.24. The number of carbonyl (C=O) groups excluding carboxylic acids is 1. The fourth-order valence-corrected chi connectivity index (χ4v) is 4.33. The van der Waals surface area contributed by atoms with Gasteiger partial charge in [-0.1, -0.05) is 41.6 Å². The second-order valence-corrected chi connectivity index (χ2v) is 8.98. The average Bonchev–Trinajstić information content (AvgIpc) is 3.08. The Labute approximate surface area is 192 Å². The Morgan fingerprint density at radius 2 is 1.84 bits per heavy atom. The highest BCUT2D eigenvalue weighted by Gasteiger charge is 2.20. The molecule has 0 radical (unpaired) electrons. The zero-order valence-corrected chi connectivity index (χ0v) is 19.4. The molecule has 0 fully saturated rings. The number of nitrogens with one attached hydrogen (secondary N) is 1. The zero-order chi connectivity index (χ0) is 22.5. The van der Waals surface area contributed by atoms with E-state index in [0.717, 1.165) is 34.9 Å². The lowest BCUT2D eigenvalue weighted by Crippen LogP contribution is -2.24. The molecule has 1 aromatic heterocycles. The van der Waals surface area contributed by atoms with E-state index in [0.29, 0.717) is 24.9 Å². The van der Waals surface area contributed by atoms with Crippen molar-refractivity contribution < 1.29 is 14.3 Å². The van der Waals surface area contributed by atoms with Crippen LogP contribution in [-0.4, -0.2) is 39.6 Å². The number of fused-ring (bicyclic) bond motifs is 1. The number of carbonyl (C=O) groups is 1. The number of benzene rings is 2. The normalized spacial score (nSPS) is 13.1. The number of rotatable bonds is 7. The van der Waals surface area contributed by atoms with Gasteiger partial charge in [0, 0.05) is 24.6 Å². The van der Waals surface area contributed by atoms with E-state index in [-0.39, 0.29) is 17.7 Å². The van der Waals surface area contributed by atoms with Gasteiger partial charge in [-0.2, -0.15) is 0 Å². The monoisotopic (exact) mass is 452 g/mol. The third-order valence-corrected chi connectivity index (χ3v) is 6.07. The van der Waals surface area contributed by atoms with Gasteiger partial charge in [0.05, 0.1) is 19.0 Å². The van der Waals surface area contributed by atoms with Crippen LogP contribution in [0.1, 0.15) is 37.4 Å². The molecule has 0 atom stereocenters. The van der Waals surface area contributed by atoms with E-state index < -0.39 is 0 Å². The van der Waals surface area contributed by atoms with E-state index >= 15 is 0 Å². The predicted octanol–water partition coefficient (Wildman–Crippen LogP) is 4.40. The van der Waals surface area contributed by atoms with E-state index in [4.69, 9.17) is 9.47 Å². The van der Waals surface area contributed by atoms with Crippen molar-refractivity contribution in [1.29, 1.82) is 0 Å². The number of amides is 1. The molecule has 3 aromatic rings. The van der Waals surface area contributed by atoms with Gasteiger partial charge in [0.2, 0.25) is 5.91 Å². The van der Waals surface area contributed by atoms with Crippen molar-refractivity contribution in [2.24, 2.45) is 0 Å². The minimum Gasteiger partial charge on any atom is -0.490 e. The molecule has 1 N–H and O–H groups in total. The van der Waals surface area contributed by atoms with Gasteiger partial charge >= 0.3 is 0 Å². The summed E-state index contributed by atoms with van der Waals surface area (Å²) in [7, 11) is 0. The molecule has 0 saturated carbocycles. The van der Waals surface area contributed by atoms with Crippen LogP contribution in [0.4, 0.5) is 0 Å².